The average molecular weight is 271 g/mol. The minimum Gasteiger partial charge on any atom is -0.497 e. The summed E-state index contributed by atoms with van der Waals surface area (Å²) in [6.07, 6.45) is -1.08. The van der Waals surface area contributed by atoms with Gasteiger partial charge in [-0.2, -0.15) is 18.2 Å². The molecule has 0 aliphatic heterocycles. The van der Waals surface area contributed by atoms with Gasteiger partial charge in [-0.1, -0.05) is 0 Å². The molecule has 1 aromatic carbocycles. The van der Waals surface area contributed by atoms with E-state index in [-0.39, 0.29) is 5.75 Å². The van der Waals surface area contributed by atoms with Crippen molar-refractivity contribution in [3.63, 3.8) is 0 Å². The fourth-order valence-corrected chi connectivity index (χ4v) is 2.21. The van der Waals surface area contributed by atoms with Gasteiger partial charge in [-0.15, -0.1) is 0 Å². The van der Waals surface area contributed by atoms with Gasteiger partial charge >= 0.3 is 6.18 Å². The molecule has 1 aliphatic carbocycles. The van der Waals surface area contributed by atoms with E-state index < -0.39 is 17.3 Å². The maximum Gasteiger partial charge on any atom is 0.416 e. The fraction of sp³-hybridized carbons (Fsp3) is 0.462. The predicted molar refractivity (Wildman–Crippen MR) is 61.6 cm³/mol. The molecule has 0 heterocycles. The summed E-state index contributed by atoms with van der Waals surface area (Å²) < 4.78 is 43.3. The van der Waals surface area contributed by atoms with Gasteiger partial charge in [0.05, 0.1) is 18.2 Å². The average Bonchev–Trinajstić information content (AvgIpc) is 2.32. The van der Waals surface area contributed by atoms with Crippen molar-refractivity contribution in [2.45, 2.75) is 31.0 Å². The third kappa shape index (κ3) is 2.49. The van der Waals surface area contributed by atoms with Crippen LogP contribution in [-0.4, -0.2) is 13.2 Å². The second-order valence-corrected chi connectivity index (χ2v) is 4.54. The van der Waals surface area contributed by atoms with Gasteiger partial charge in [0.25, 0.3) is 0 Å². The Hall–Kier alpha value is -1.81. The molecule has 1 aliphatic rings. The molecule has 19 heavy (non-hydrogen) atoms. The number of alkyl halides is 3. The Morgan fingerprint density at radius 2 is 2.00 bits per heavy atom. The molecular formula is C13H12F3NO2. The summed E-state index contributed by atoms with van der Waals surface area (Å²) in [5, 5.41) is 0. The van der Waals surface area contributed by atoms with Crippen molar-refractivity contribution in [3.8, 4) is 5.75 Å². The minimum atomic E-state index is -4.46. The third-order valence-corrected chi connectivity index (χ3v) is 3.45. The number of aliphatic imine (C=N–C) groups is 1. The molecule has 0 bridgehead atoms. The zero-order chi connectivity index (χ0) is 14.1. The van der Waals surface area contributed by atoms with Crippen molar-refractivity contribution in [2.75, 3.05) is 7.11 Å². The number of hydrogen-bond acceptors (Lipinski definition) is 3. The highest BCUT2D eigenvalue weighted by Crippen LogP contribution is 2.47. The molecule has 1 fully saturated rings. The second-order valence-electron chi connectivity index (χ2n) is 4.54. The van der Waals surface area contributed by atoms with Crippen LogP contribution in [0.5, 0.6) is 5.75 Å². The van der Waals surface area contributed by atoms with E-state index >= 15 is 0 Å². The highest BCUT2D eigenvalue weighted by atomic mass is 19.4. The standard InChI is InChI=1S/C13H12F3NO2/c1-19-11-6-9(5-10(7-11)13(14,15)16)12(17-8-18)3-2-4-12/h5-7H,2-4H2,1H3. The predicted octanol–water partition coefficient (Wildman–Crippen LogP) is 3.43. The van der Waals surface area contributed by atoms with Gasteiger partial charge in [0.2, 0.25) is 6.08 Å². The first-order valence-electron chi connectivity index (χ1n) is 5.77. The molecule has 2 rings (SSSR count). The van der Waals surface area contributed by atoms with Gasteiger partial charge < -0.3 is 4.74 Å². The lowest BCUT2D eigenvalue weighted by atomic mass is 9.72. The number of isocyanates is 1. The third-order valence-electron chi connectivity index (χ3n) is 3.45. The van der Waals surface area contributed by atoms with Gasteiger partial charge in [-0.05, 0) is 43.0 Å². The smallest absolute Gasteiger partial charge is 0.416 e. The number of ether oxygens (including phenoxy) is 1. The van der Waals surface area contributed by atoms with Crippen molar-refractivity contribution in [3.05, 3.63) is 29.3 Å². The van der Waals surface area contributed by atoms with Crippen LogP contribution in [0.4, 0.5) is 13.2 Å². The second kappa shape index (κ2) is 4.70. The van der Waals surface area contributed by atoms with E-state index in [2.05, 4.69) is 4.99 Å². The normalized spacial score (nSPS) is 17.3. The van der Waals surface area contributed by atoms with Crippen LogP contribution in [0.25, 0.3) is 0 Å². The maximum absolute atomic E-state index is 12.8. The molecular weight excluding hydrogens is 259 g/mol. The van der Waals surface area contributed by atoms with Crippen molar-refractivity contribution < 1.29 is 22.7 Å². The number of methoxy groups -OCH3 is 1. The van der Waals surface area contributed by atoms with E-state index in [9.17, 15) is 18.0 Å². The van der Waals surface area contributed by atoms with E-state index in [1.807, 2.05) is 0 Å². The molecule has 0 unspecified atom stereocenters. The molecule has 102 valence electrons. The van der Waals surface area contributed by atoms with Crippen molar-refractivity contribution in [1.29, 1.82) is 0 Å². The number of nitrogens with zero attached hydrogens (tertiary/aromatic N) is 1. The summed E-state index contributed by atoms with van der Waals surface area (Å²) >= 11 is 0. The molecule has 1 aromatic rings. The highest BCUT2D eigenvalue weighted by molar-refractivity contribution is 5.44. The Kier molecular flexibility index (Phi) is 3.37. The summed E-state index contributed by atoms with van der Waals surface area (Å²) in [5.74, 6) is 0.109. The first-order valence-corrected chi connectivity index (χ1v) is 5.77. The quantitative estimate of drug-likeness (QED) is 0.624. The van der Waals surface area contributed by atoms with E-state index in [1.54, 1.807) is 0 Å². The van der Waals surface area contributed by atoms with Crippen molar-refractivity contribution in [1.82, 2.24) is 0 Å². The van der Waals surface area contributed by atoms with E-state index in [1.165, 1.54) is 19.3 Å². The molecule has 0 saturated heterocycles. The van der Waals surface area contributed by atoms with Crippen LogP contribution in [0.2, 0.25) is 0 Å². The number of hydrogen-bond donors (Lipinski definition) is 0. The summed E-state index contributed by atoms with van der Waals surface area (Å²) in [6.45, 7) is 0. The lowest BCUT2D eigenvalue weighted by Crippen LogP contribution is -2.32. The first kappa shape index (κ1) is 13.6. The van der Waals surface area contributed by atoms with Crippen LogP contribution in [0.1, 0.15) is 30.4 Å². The van der Waals surface area contributed by atoms with E-state index in [0.717, 1.165) is 18.6 Å². The van der Waals surface area contributed by atoms with Gasteiger partial charge in [0, 0.05) is 0 Å². The van der Waals surface area contributed by atoms with Crippen molar-refractivity contribution in [2.24, 2.45) is 4.99 Å². The zero-order valence-corrected chi connectivity index (χ0v) is 10.3. The highest BCUT2D eigenvalue weighted by Gasteiger charge is 2.41. The van der Waals surface area contributed by atoms with Crippen molar-refractivity contribution >= 4 is 6.08 Å². The van der Waals surface area contributed by atoms with Gasteiger partial charge in [0.1, 0.15) is 5.75 Å². The molecule has 0 radical (unpaired) electrons. The van der Waals surface area contributed by atoms with Crippen LogP contribution in [0.15, 0.2) is 23.2 Å². The van der Waals surface area contributed by atoms with Crippen LogP contribution in [0, 0.1) is 0 Å². The SMILES string of the molecule is COc1cc(C(F)(F)F)cc(C2(N=C=O)CCC2)c1. The zero-order valence-electron chi connectivity index (χ0n) is 10.3. The molecule has 0 spiro atoms. The molecule has 0 aromatic heterocycles. The molecule has 0 N–H and O–H groups in total. The fourth-order valence-electron chi connectivity index (χ4n) is 2.21. The lowest BCUT2D eigenvalue weighted by Gasteiger charge is -2.37. The first-order chi connectivity index (χ1) is 8.91. The molecule has 1 saturated carbocycles. The summed E-state index contributed by atoms with van der Waals surface area (Å²) in [5.41, 5.74) is -1.31. The van der Waals surface area contributed by atoms with Crippen LogP contribution in [0.3, 0.4) is 0 Å². The van der Waals surface area contributed by atoms with Gasteiger partial charge in [0.15, 0.2) is 0 Å². The van der Waals surface area contributed by atoms with Crippen LogP contribution < -0.4 is 4.74 Å². The van der Waals surface area contributed by atoms with Crippen LogP contribution in [-0.2, 0) is 16.5 Å². The number of halogens is 3. The number of rotatable bonds is 3. The number of carbonyl (C=O) groups excluding carboxylic acids is 1. The Bertz CT molecular complexity index is 529. The molecule has 0 amide bonds. The van der Waals surface area contributed by atoms with E-state index in [0.29, 0.717) is 18.4 Å². The topological polar surface area (TPSA) is 38.7 Å². The minimum absolute atomic E-state index is 0.109. The Morgan fingerprint density at radius 3 is 2.42 bits per heavy atom. The summed E-state index contributed by atoms with van der Waals surface area (Å²) in [6, 6.07) is 3.46. The lowest BCUT2D eigenvalue weighted by molar-refractivity contribution is -0.137. The summed E-state index contributed by atoms with van der Waals surface area (Å²) in [4.78, 5) is 14.2. The van der Waals surface area contributed by atoms with Crippen LogP contribution >= 0.6 is 0 Å². The number of benzene rings is 1. The Labute approximate surface area is 108 Å². The summed E-state index contributed by atoms with van der Waals surface area (Å²) in [7, 11) is 1.30. The Morgan fingerprint density at radius 1 is 1.32 bits per heavy atom. The molecule has 6 heteroatoms. The van der Waals surface area contributed by atoms with Gasteiger partial charge in [-0.25, -0.2) is 4.79 Å². The largest absolute Gasteiger partial charge is 0.497 e. The molecule has 0 atom stereocenters. The monoisotopic (exact) mass is 271 g/mol. The van der Waals surface area contributed by atoms with Gasteiger partial charge in [-0.3, -0.25) is 0 Å². The molecule has 3 nitrogen and oxygen atoms in total. The maximum atomic E-state index is 12.8. The van der Waals surface area contributed by atoms with E-state index in [4.69, 9.17) is 4.74 Å². The Balaban J connectivity index is 2.54.